The Balaban J connectivity index is 1.86. The lowest BCUT2D eigenvalue weighted by molar-refractivity contribution is 0.129. The van der Waals surface area contributed by atoms with Crippen LogP contribution >= 0.6 is 0 Å². The smallest absolute Gasteiger partial charge is 0.0585 e. The van der Waals surface area contributed by atoms with Crippen LogP contribution in [0.25, 0.3) is 0 Å². The molecule has 0 spiro atoms. The average molecular weight is 222 g/mol. The van der Waals surface area contributed by atoms with E-state index in [9.17, 15) is 5.11 Å². The summed E-state index contributed by atoms with van der Waals surface area (Å²) < 4.78 is 5.28. The summed E-state index contributed by atoms with van der Waals surface area (Å²) in [6.45, 7) is 1.60. The molecule has 2 heterocycles. The zero-order chi connectivity index (χ0) is 11.4. The zero-order valence-corrected chi connectivity index (χ0v) is 9.30. The Hall–Kier alpha value is -1.13. The molecular formula is C12H18N2O2. The topological polar surface area (TPSA) is 68.4 Å². The van der Waals surface area contributed by atoms with Crippen LogP contribution in [0.5, 0.6) is 0 Å². The van der Waals surface area contributed by atoms with Crippen LogP contribution in [0, 0.1) is 5.92 Å². The lowest BCUT2D eigenvalue weighted by Gasteiger charge is -2.15. The number of nitrogens with zero attached hydrogens (tertiary/aromatic N) is 1. The monoisotopic (exact) mass is 222 g/mol. The van der Waals surface area contributed by atoms with E-state index in [4.69, 9.17) is 10.5 Å². The van der Waals surface area contributed by atoms with Crippen LogP contribution < -0.4 is 5.73 Å². The van der Waals surface area contributed by atoms with Gasteiger partial charge in [-0.3, -0.25) is 4.98 Å². The maximum absolute atomic E-state index is 9.95. The summed E-state index contributed by atoms with van der Waals surface area (Å²) in [5.41, 5.74) is 7.43. The fourth-order valence-electron chi connectivity index (χ4n) is 2.10. The molecule has 4 nitrogen and oxygen atoms in total. The van der Waals surface area contributed by atoms with Crippen LogP contribution in [0.4, 0.5) is 5.69 Å². The Bertz CT molecular complexity index is 338. The van der Waals surface area contributed by atoms with E-state index in [1.807, 2.05) is 0 Å². The molecule has 1 aliphatic rings. The van der Waals surface area contributed by atoms with E-state index in [0.717, 1.165) is 31.6 Å². The highest BCUT2D eigenvalue weighted by Gasteiger charge is 2.20. The number of aliphatic hydroxyl groups excluding tert-OH is 1. The fraction of sp³-hybridized carbons (Fsp3) is 0.583. The van der Waals surface area contributed by atoms with E-state index in [1.54, 1.807) is 18.5 Å². The molecule has 16 heavy (non-hydrogen) atoms. The van der Waals surface area contributed by atoms with Crippen molar-refractivity contribution in [1.82, 2.24) is 4.98 Å². The molecule has 0 aliphatic carbocycles. The number of pyridine rings is 1. The van der Waals surface area contributed by atoms with Crippen molar-refractivity contribution in [2.24, 2.45) is 5.92 Å². The van der Waals surface area contributed by atoms with Crippen molar-refractivity contribution >= 4 is 5.69 Å². The van der Waals surface area contributed by atoms with E-state index >= 15 is 0 Å². The van der Waals surface area contributed by atoms with Gasteiger partial charge in [-0.15, -0.1) is 0 Å². The van der Waals surface area contributed by atoms with Crippen molar-refractivity contribution in [3.8, 4) is 0 Å². The summed E-state index contributed by atoms with van der Waals surface area (Å²) in [6.07, 6.45) is 5.46. The van der Waals surface area contributed by atoms with E-state index in [0.29, 0.717) is 18.0 Å². The number of rotatable bonds is 4. The Morgan fingerprint density at radius 3 is 3.19 bits per heavy atom. The quantitative estimate of drug-likeness (QED) is 0.797. The summed E-state index contributed by atoms with van der Waals surface area (Å²) in [5.74, 6) is 0.493. The van der Waals surface area contributed by atoms with Crippen molar-refractivity contribution in [2.45, 2.75) is 25.4 Å². The first kappa shape index (κ1) is 11.4. The minimum absolute atomic E-state index is 0.349. The van der Waals surface area contributed by atoms with Gasteiger partial charge >= 0.3 is 0 Å². The molecule has 0 radical (unpaired) electrons. The highest BCUT2D eigenvalue weighted by atomic mass is 16.5. The van der Waals surface area contributed by atoms with Crippen LogP contribution in [0.1, 0.15) is 18.4 Å². The second-order valence-electron chi connectivity index (χ2n) is 4.40. The van der Waals surface area contributed by atoms with E-state index in [2.05, 4.69) is 4.98 Å². The van der Waals surface area contributed by atoms with Crippen molar-refractivity contribution in [2.75, 3.05) is 18.9 Å². The van der Waals surface area contributed by atoms with Gasteiger partial charge in [0.25, 0.3) is 0 Å². The molecule has 0 aromatic carbocycles. The van der Waals surface area contributed by atoms with Crippen molar-refractivity contribution < 1.29 is 9.84 Å². The van der Waals surface area contributed by atoms with Gasteiger partial charge in [-0.25, -0.2) is 0 Å². The highest BCUT2D eigenvalue weighted by Crippen LogP contribution is 2.21. The first-order valence-corrected chi connectivity index (χ1v) is 5.70. The molecule has 1 fully saturated rings. The van der Waals surface area contributed by atoms with Gasteiger partial charge in [0.05, 0.1) is 6.10 Å². The summed E-state index contributed by atoms with van der Waals surface area (Å²) >= 11 is 0. The second-order valence-corrected chi connectivity index (χ2v) is 4.40. The average Bonchev–Trinajstić information content (AvgIpc) is 2.74. The van der Waals surface area contributed by atoms with Gasteiger partial charge in [-0.05, 0) is 30.4 Å². The van der Waals surface area contributed by atoms with Crippen molar-refractivity contribution in [1.29, 1.82) is 0 Å². The number of nitrogens with two attached hydrogens (primary N) is 1. The predicted octanol–water partition coefficient (Wildman–Crippen LogP) is 0.994. The maximum atomic E-state index is 9.95. The zero-order valence-electron chi connectivity index (χ0n) is 9.30. The summed E-state index contributed by atoms with van der Waals surface area (Å²) in [7, 11) is 0. The molecule has 1 aliphatic heterocycles. The highest BCUT2D eigenvalue weighted by molar-refractivity contribution is 5.44. The molecule has 2 unspecified atom stereocenters. The van der Waals surface area contributed by atoms with Crippen LogP contribution in [-0.4, -0.2) is 29.4 Å². The van der Waals surface area contributed by atoms with Gasteiger partial charge in [0.15, 0.2) is 0 Å². The number of hydrogen-bond donors (Lipinski definition) is 2. The number of aromatic nitrogens is 1. The van der Waals surface area contributed by atoms with Crippen molar-refractivity contribution in [3.63, 3.8) is 0 Å². The first-order chi connectivity index (χ1) is 7.75. The Morgan fingerprint density at radius 1 is 1.62 bits per heavy atom. The normalized spacial score (nSPS) is 22.2. The van der Waals surface area contributed by atoms with Crippen LogP contribution in [0.2, 0.25) is 0 Å². The first-order valence-electron chi connectivity index (χ1n) is 5.70. The summed E-state index contributed by atoms with van der Waals surface area (Å²) in [4.78, 5) is 4.01. The van der Waals surface area contributed by atoms with Gasteiger partial charge in [0.1, 0.15) is 0 Å². The van der Waals surface area contributed by atoms with E-state index < -0.39 is 0 Å². The summed E-state index contributed by atoms with van der Waals surface area (Å²) in [6, 6.07) is 1.76. The third-order valence-corrected chi connectivity index (χ3v) is 3.03. The lowest BCUT2D eigenvalue weighted by Crippen LogP contribution is -2.17. The minimum atomic E-state index is -0.349. The van der Waals surface area contributed by atoms with Gasteiger partial charge in [-0.1, -0.05) is 0 Å². The Morgan fingerprint density at radius 2 is 2.50 bits per heavy atom. The number of anilines is 1. The van der Waals surface area contributed by atoms with Crippen LogP contribution in [0.3, 0.4) is 0 Å². The lowest BCUT2D eigenvalue weighted by atomic mass is 9.97. The van der Waals surface area contributed by atoms with E-state index in [1.165, 1.54) is 0 Å². The van der Waals surface area contributed by atoms with Crippen molar-refractivity contribution in [3.05, 3.63) is 24.0 Å². The third-order valence-electron chi connectivity index (χ3n) is 3.03. The Labute approximate surface area is 95.4 Å². The number of ether oxygens (including phenoxy) is 1. The molecule has 3 N–H and O–H groups in total. The summed E-state index contributed by atoms with van der Waals surface area (Å²) in [5, 5.41) is 9.95. The molecule has 1 aromatic heterocycles. The number of aliphatic hydroxyl groups is 1. The number of nitrogen functional groups attached to an aromatic ring is 1. The molecule has 0 bridgehead atoms. The molecule has 0 saturated carbocycles. The molecule has 0 amide bonds. The third kappa shape index (κ3) is 2.93. The predicted molar refractivity (Wildman–Crippen MR) is 61.9 cm³/mol. The van der Waals surface area contributed by atoms with Gasteiger partial charge in [0, 0.05) is 37.7 Å². The standard InChI is InChI=1S/C12H18N2O2/c13-12-1-3-14-7-10(12)6-11(15)5-9-2-4-16-8-9/h1,3,7,9,11,15H,2,4-6,8H2,(H2,13,14). The molecule has 88 valence electrons. The van der Waals surface area contributed by atoms with Crippen LogP contribution in [-0.2, 0) is 11.2 Å². The van der Waals surface area contributed by atoms with Gasteiger partial charge in [0.2, 0.25) is 0 Å². The molecule has 1 aromatic rings. The minimum Gasteiger partial charge on any atom is -0.398 e. The fourth-order valence-corrected chi connectivity index (χ4v) is 2.10. The number of hydrogen-bond acceptors (Lipinski definition) is 4. The molecular weight excluding hydrogens is 204 g/mol. The molecule has 4 heteroatoms. The molecule has 2 atom stereocenters. The second kappa shape index (κ2) is 5.27. The molecule has 1 saturated heterocycles. The van der Waals surface area contributed by atoms with E-state index in [-0.39, 0.29) is 6.10 Å². The SMILES string of the molecule is Nc1ccncc1CC(O)CC1CCOC1. The van der Waals surface area contributed by atoms with Gasteiger partial charge in [-0.2, -0.15) is 0 Å². The maximum Gasteiger partial charge on any atom is 0.0585 e. The van der Waals surface area contributed by atoms with Gasteiger partial charge < -0.3 is 15.6 Å². The van der Waals surface area contributed by atoms with Crippen LogP contribution in [0.15, 0.2) is 18.5 Å². The largest absolute Gasteiger partial charge is 0.398 e. The molecule has 2 rings (SSSR count). The Kier molecular flexibility index (Phi) is 3.74.